The summed E-state index contributed by atoms with van der Waals surface area (Å²) in [7, 11) is -4.09. The van der Waals surface area contributed by atoms with Crippen molar-refractivity contribution < 1.29 is 22.0 Å². The molecule has 0 unspecified atom stereocenters. The molecule has 0 radical (unpaired) electrons. The largest absolute Gasteiger partial charge is 0.352 e. The molecule has 0 fully saturated rings. The second-order valence-corrected chi connectivity index (χ2v) is 8.79. The number of benzene rings is 2. The molecular formula is C19H16Cl2F2N4O3S. The van der Waals surface area contributed by atoms with Gasteiger partial charge in [-0.2, -0.15) is 8.78 Å². The fraction of sp³-hybridized carbons (Fsp3) is 0.158. The Bertz CT molecular complexity index is 1190. The van der Waals surface area contributed by atoms with Crippen molar-refractivity contribution in [2.45, 2.75) is 17.9 Å². The SMILES string of the molecule is O=C(NCCc1nccn1C(F)F)c1ccc(Cl)c(S(=O)(=O)Nc2ccc(Cl)cc2)c1. The molecule has 12 heteroatoms. The maximum atomic E-state index is 12.8. The van der Waals surface area contributed by atoms with E-state index in [1.165, 1.54) is 42.6 Å². The van der Waals surface area contributed by atoms with E-state index in [1.54, 1.807) is 0 Å². The summed E-state index contributed by atoms with van der Waals surface area (Å²) in [6.45, 7) is -2.71. The summed E-state index contributed by atoms with van der Waals surface area (Å²) in [4.78, 5) is 16.0. The van der Waals surface area contributed by atoms with E-state index < -0.39 is 22.5 Å². The van der Waals surface area contributed by atoms with Crippen LogP contribution in [0.15, 0.2) is 59.8 Å². The number of halogens is 4. The third-order valence-corrected chi connectivity index (χ3v) is 6.29. The third-order valence-electron chi connectivity index (χ3n) is 4.17. The van der Waals surface area contributed by atoms with Crippen LogP contribution in [-0.4, -0.2) is 30.4 Å². The Labute approximate surface area is 187 Å². The van der Waals surface area contributed by atoms with E-state index in [0.717, 1.165) is 12.3 Å². The highest BCUT2D eigenvalue weighted by molar-refractivity contribution is 7.92. The molecule has 164 valence electrons. The summed E-state index contributed by atoms with van der Waals surface area (Å²) in [5.41, 5.74) is 0.308. The van der Waals surface area contributed by atoms with Crippen molar-refractivity contribution in [3.8, 4) is 0 Å². The maximum absolute atomic E-state index is 12.8. The van der Waals surface area contributed by atoms with E-state index >= 15 is 0 Å². The Morgan fingerprint density at radius 3 is 2.52 bits per heavy atom. The highest BCUT2D eigenvalue weighted by Gasteiger charge is 2.21. The number of sulfonamides is 1. The maximum Gasteiger partial charge on any atom is 0.319 e. The molecule has 0 aliphatic rings. The topological polar surface area (TPSA) is 93.1 Å². The molecular weight excluding hydrogens is 473 g/mol. The number of imidazole rings is 1. The zero-order valence-corrected chi connectivity index (χ0v) is 18.1. The van der Waals surface area contributed by atoms with Crippen LogP contribution in [0.4, 0.5) is 14.5 Å². The van der Waals surface area contributed by atoms with E-state index in [2.05, 4.69) is 15.0 Å². The lowest BCUT2D eigenvalue weighted by Gasteiger charge is -2.12. The van der Waals surface area contributed by atoms with Crippen molar-refractivity contribution in [1.29, 1.82) is 0 Å². The standard InChI is InChI=1S/C19H16Cl2F2N4O3S/c20-13-2-4-14(5-3-13)26-31(29,30)16-11-12(1-6-15(16)21)18(28)25-8-7-17-24-9-10-27(17)19(22)23/h1-6,9-11,19,26H,7-8H2,(H,25,28). The molecule has 0 spiro atoms. The second kappa shape index (κ2) is 9.63. The van der Waals surface area contributed by atoms with Gasteiger partial charge in [-0.25, -0.2) is 13.4 Å². The molecule has 0 bridgehead atoms. The number of aromatic nitrogens is 2. The number of carbonyl (C=O) groups is 1. The number of alkyl halides is 2. The fourth-order valence-electron chi connectivity index (χ4n) is 2.68. The summed E-state index contributed by atoms with van der Waals surface area (Å²) in [5.74, 6) is -0.475. The van der Waals surface area contributed by atoms with Gasteiger partial charge in [0.2, 0.25) is 0 Å². The highest BCUT2D eigenvalue weighted by atomic mass is 35.5. The highest BCUT2D eigenvalue weighted by Crippen LogP contribution is 2.25. The van der Waals surface area contributed by atoms with Gasteiger partial charge in [-0.3, -0.25) is 14.1 Å². The quantitative estimate of drug-likeness (QED) is 0.492. The van der Waals surface area contributed by atoms with Gasteiger partial charge in [0.1, 0.15) is 10.7 Å². The molecule has 0 saturated heterocycles. The van der Waals surface area contributed by atoms with Crippen molar-refractivity contribution in [3.63, 3.8) is 0 Å². The predicted octanol–water partition coefficient (Wildman–Crippen LogP) is 4.36. The molecule has 0 saturated carbocycles. The van der Waals surface area contributed by atoms with E-state index in [1.807, 2.05) is 0 Å². The molecule has 1 amide bonds. The zero-order valence-electron chi connectivity index (χ0n) is 15.7. The molecule has 3 aromatic rings. The molecule has 2 aromatic carbocycles. The van der Waals surface area contributed by atoms with Crippen molar-refractivity contribution in [1.82, 2.24) is 14.9 Å². The van der Waals surface area contributed by atoms with Crippen molar-refractivity contribution in [2.24, 2.45) is 0 Å². The number of rotatable bonds is 8. The van der Waals surface area contributed by atoms with Gasteiger partial charge in [-0.15, -0.1) is 0 Å². The normalized spacial score (nSPS) is 11.5. The average Bonchev–Trinajstić information content (AvgIpc) is 3.18. The zero-order chi connectivity index (χ0) is 22.6. The number of anilines is 1. The molecule has 1 heterocycles. The fourth-order valence-corrected chi connectivity index (χ4v) is 4.40. The Balaban J connectivity index is 1.71. The van der Waals surface area contributed by atoms with Crippen LogP contribution in [0, 0.1) is 0 Å². The summed E-state index contributed by atoms with van der Waals surface area (Å²) >= 11 is 11.8. The van der Waals surface area contributed by atoms with Gasteiger partial charge >= 0.3 is 6.55 Å². The van der Waals surface area contributed by atoms with E-state index in [9.17, 15) is 22.0 Å². The first-order chi connectivity index (χ1) is 14.7. The monoisotopic (exact) mass is 488 g/mol. The molecule has 3 rings (SSSR count). The number of amides is 1. The van der Waals surface area contributed by atoms with E-state index in [0.29, 0.717) is 9.59 Å². The first-order valence-corrected chi connectivity index (χ1v) is 11.1. The summed E-state index contributed by atoms with van der Waals surface area (Å²) in [6, 6.07) is 9.78. The third kappa shape index (κ3) is 5.72. The smallest absolute Gasteiger partial charge is 0.319 e. The number of carbonyl (C=O) groups excluding carboxylic acids is 1. The van der Waals surface area contributed by atoms with Crippen LogP contribution < -0.4 is 10.0 Å². The van der Waals surface area contributed by atoms with Crippen LogP contribution in [0.1, 0.15) is 22.7 Å². The Morgan fingerprint density at radius 2 is 1.84 bits per heavy atom. The summed E-state index contributed by atoms with van der Waals surface area (Å²) < 4.78 is 54.2. The second-order valence-electron chi connectivity index (χ2n) is 6.29. The Morgan fingerprint density at radius 1 is 1.13 bits per heavy atom. The van der Waals surface area contributed by atoms with Gasteiger partial charge < -0.3 is 5.32 Å². The summed E-state index contributed by atoms with van der Waals surface area (Å²) in [5, 5.41) is 2.92. The number of nitrogens with one attached hydrogen (secondary N) is 2. The van der Waals surface area contributed by atoms with E-state index in [-0.39, 0.29) is 40.0 Å². The Kier molecular flexibility index (Phi) is 7.14. The lowest BCUT2D eigenvalue weighted by atomic mass is 10.2. The van der Waals surface area contributed by atoms with Crippen LogP contribution in [0.5, 0.6) is 0 Å². The first-order valence-electron chi connectivity index (χ1n) is 8.83. The van der Waals surface area contributed by atoms with Gasteiger partial charge in [-0.05, 0) is 42.5 Å². The minimum atomic E-state index is -4.09. The van der Waals surface area contributed by atoms with Gasteiger partial charge in [0.25, 0.3) is 15.9 Å². The molecule has 1 aromatic heterocycles. The van der Waals surface area contributed by atoms with Crippen LogP contribution >= 0.6 is 23.2 Å². The van der Waals surface area contributed by atoms with Crippen molar-refractivity contribution in [2.75, 3.05) is 11.3 Å². The molecule has 7 nitrogen and oxygen atoms in total. The molecule has 2 N–H and O–H groups in total. The lowest BCUT2D eigenvalue weighted by molar-refractivity contribution is 0.0670. The lowest BCUT2D eigenvalue weighted by Crippen LogP contribution is -2.27. The van der Waals surface area contributed by atoms with Crippen LogP contribution in [-0.2, 0) is 16.4 Å². The summed E-state index contributed by atoms with van der Waals surface area (Å²) in [6.07, 6.45) is 2.46. The number of hydrogen-bond donors (Lipinski definition) is 2. The van der Waals surface area contributed by atoms with Crippen LogP contribution in [0.25, 0.3) is 0 Å². The van der Waals surface area contributed by atoms with E-state index in [4.69, 9.17) is 23.2 Å². The molecule has 0 aliphatic heterocycles. The first kappa shape index (κ1) is 23.0. The molecule has 31 heavy (non-hydrogen) atoms. The minimum absolute atomic E-state index is 0.0241. The Hall–Kier alpha value is -2.69. The van der Waals surface area contributed by atoms with Crippen LogP contribution in [0.2, 0.25) is 10.0 Å². The van der Waals surface area contributed by atoms with Crippen molar-refractivity contribution in [3.05, 3.63) is 76.3 Å². The average molecular weight is 489 g/mol. The van der Waals surface area contributed by atoms with Gasteiger partial charge in [0.15, 0.2) is 0 Å². The van der Waals surface area contributed by atoms with Crippen LogP contribution in [0.3, 0.4) is 0 Å². The van der Waals surface area contributed by atoms with Gasteiger partial charge in [-0.1, -0.05) is 23.2 Å². The number of nitrogens with zero attached hydrogens (tertiary/aromatic N) is 2. The van der Waals surface area contributed by atoms with Gasteiger partial charge in [0.05, 0.1) is 5.02 Å². The predicted molar refractivity (Wildman–Crippen MR) is 113 cm³/mol. The van der Waals surface area contributed by atoms with Gasteiger partial charge in [0, 0.05) is 41.6 Å². The molecule has 0 aliphatic carbocycles. The van der Waals surface area contributed by atoms with Crippen molar-refractivity contribution >= 4 is 44.8 Å². The minimum Gasteiger partial charge on any atom is -0.352 e. The molecule has 0 atom stereocenters. The number of hydrogen-bond acceptors (Lipinski definition) is 4.